The molecule has 0 amide bonds. The molecule has 1 unspecified atom stereocenters. The summed E-state index contributed by atoms with van der Waals surface area (Å²) < 4.78 is 11.8. The first-order valence-corrected chi connectivity index (χ1v) is 11.5. The van der Waals surface area contributed by atoms with E-state index < -0.39 is 0 Å². The molecule has 1 aromatic heterocycles. The van der Waals surface area contributed by atoms with Crippen LogP contribution >= 0.6 is 0 Å². The number of ether oxygens (including phenoxy) is 1. The van der Waals surface area contributed by atoms with Gasteiger partial charge in [0, 0.05) is 17.0 Å². The molecule has 3 aromatic carbocycles. The summed E-state index contributed by atoms with van der Waals surface area (Å²) in [6.45, 7) is 5.31. The predicted octanol–water partition coefficient (Wildman–Crippen LogP) is 7.51. The number of nitrogens with zero attached hydrogens (tertiary/aromatic N) is 1. The number of benzene rings is 3. The summed E-state index contributed by atoms with van der Waals surface area (Å²) in [6.07, 6.45) is 2.67. The Bertz CT molecular complexity index is 1160. The van der Waals surface area contributed by atoms with E-state index in [4.69, 9.17) is 9.26 Å². The van der Waals surface area contributed by atoms with E-state index in [9.17, 15) is 0 Å². The van der Waals surface area contributed by atoms with Crippen molar-refractivity contribution >= 4 is 0 Å². The molecule has 1 fully saturated rings. The zero-order chi connectivity index (χ0) is 21.9. The second-order valence-electron chi connectivity index (χ2n) is 8.88. The Labute approximate surface area is 190 Å². The average Bonchev–Trinajstić information content (AvgIpc) is 3.63. The van der Waals surface area contributed by atoms with Crippen LogP contribution in [0.15, 0.2) is 83.4 Å². The van der Waals surface area contributed by atoms with Crippen molar-refractivity contribution in [2.45, 2.75) is 45.1 Å². The van der Waals surface area contributed by atoms with Crippen LogP contribution in [0.1, 0.15) is 54.0 Å². The van der Waals surface area contributed by atoms with Gasteiger partial charge in [-0.3, -0.25) is 0 Å². The van der Waals surface area contributed by atoms with Gasteiger partial charge < -0.3 is 9.26 Å². The lowest BCUT2D eigenvalue weighted by atomic mass is 9.99. The van der Waals surface area contributed by atoms with E-state index in [1.807, 2.05) is 13.0 Å². The number of aryl methyl sites for hydroxylation is 1. The third kappa shape index (κ3) is 4.53. The van der Waals surface area contributed by atoms with Crippen LogP contribution < -0.4 is 0 Å². The van der Waals surface area contributed by atoms with Gasteiger partial charge >= 0.3 is 0 Å². The normalized spacial score (nSPS) is 14.4. The average molecular weight is 424 g/mol. The lowest BCUT2D eigenvalue weighted by Gasteiger charge is -2.12. The Hall–Kier alpha value is -3.17. The van der Waals surface area contributed by atoms with E-state index in [-0.39, 0.29) is 0 Å². The third-order valence-electron chi connectivity index (χ3n) is 6.41. The Balaban J connectivity index is 1.27. The molecule has 5 rings (SSSR count). The van der Waals surface area contributed by atoms with E-state index in [1.165, 1.54) is 35.1 Å². The molecule has 3 heteroatoms. The number of hydrogen-bond acceptors (Lipinski definition) is 3. The first-order chi connectivity index (χ1) is 15.7. The molecule has 0 spiro atoms. The second-order valence-corrected chi connectivity index (χ2v) is 8.88. The molecule has 1 aliphatic carbocycles. The molecule has 1 atom stereocenters. The van der Waals surface area contributed by atoms with Gasteiger partial charge in [-0.1, -0.05) is 90.9 Å². The van der Waals surface area contributed by atoms with Crippen LogP contribution in [0.3, 0.4) is 0 Å². The van der Waals surface area contributed by atoms with E-state index in [2.05, 4.69) is 84.9 Å². The molecule has 0 bridgehead atoms. The van der Waals surface area contributed by atoms with Crippen LogP contribution in [-0.2, 0) is 11.3 Å². The summed E-state index contributed by atoms with van der Waals surface area (Å²) in [6, 6.07) is 28.0. The summed E-state index contributed by atoms with van der Waals surface area (Å²) >= 11 is 0. The van der Waals surface area contributed by atoms with Crippen LogP contribution in [0.5, 0.6) is 0 Å². The Morgan fingerprint density at radius 1 is 0.875 bits per heavy atom. The lowest BCUT2D eigenvalue weighted by Crippen LogP contribution is -2.05. The SMILES string of the molecule is Cc1noc(-c2ccc(-c3ccc(C4CC4)cc3)cc2)c1COCC(C)c1ccccc1. The number of aromatic nitrogens is 1. The molecule has 162 valence electrons. The monoisotopic (exact) mass is 423 g/mol. The van der Waals surface area contributed by atoms with Crippen molar-refractivity contribution < 1.29 is 9.26 Å². The van der Waals surface area contributed by atoms with Gasteiger partial charge in [0.15, 0.2) is 5.76 Å². The summed E-state index contributed by atoms with van der Waals surface area (Å²) in [7, 11) is 0. The summed E-state index contributed by atoms with van der Waals surface area (Å²) in [5, 5.41) is 4.21. The van der Waals surface area contributed by atoms with Crippen molar-refractivity contribution in [2.75, 3.05) is 6.61 Å². The molecular weight excluding hydrogens is 394 g/mol. The van der Waals surface area contributed by atoms with Gasteiger partial charge in [0.1, 0.15) is 0 Å². The van der Waals surface area contributed by atoms with Crippen molar-refractivity contribution in [1.82, 2.24) is 5.16 Å². The minimum atomic E-state index is 0.338. The zero-order valence-corrected chi connectivity index (χ0v) is 18.8. The molecule has 0 aliphatic heterocycles. The van der Waals surface area contributed by atoms with Gasteiger partial charge in [0.25, 0.3) is 0 Å². The van der Waals surface area contributed by atoms with Gasteiger partial charge in [-0.25, -0.2) is 0 Å². The van der Waals surface area contributed by atoms with E-state index >= 15 is 0 Å². The molecular formula is C29H29NO2. The first kappa shape index (κ1) is 20.7. The molecule has 0 saturated heterocycles. The minimum absolute atomic E-state index is 0.338. The molecule has 4 aromatic rings. The van der Waals surface area contributed by atoms with Crippen LogP contribution in [0, 0.1) is 6.92 Å². The fourth-order valence-electron chi connectivity index (χ4n) is 4.18. The highest BCUT2D eigenvalue weighted by molar-refractivity contribution is 5.70. The van der Waals surface area contributed by atoms with E-state index in [0.29, 0.717) is 19.1 Å². The van der Waals surface area contributed by atoms with Crippen molar-refractivity contribution in [3.8, 4) is 22.5 Å². The minimum Gasteiger partial charge on any atom is -0.376 e. The maximum Gasteiger partial charge on any atom is 0.172 e. The molecule has 3 nitrogen and oxygen atoms in total. The number of rotatable bonds is 8. The molecule has 1 aliphatic rings. The quantitative estimate of drug-likeness (QED) is 0.294. The van der Waals surface area contributed by atoms with E-state index in [1.54, 1.807) is 0 Å². The van der Waals surface area contributed by atoms with Gasteiger partial charge in [0.2, 0.25) is 0 Å². The van der Waals surface area contributed by atoms with Crippen molar-refractivity contribution in [3.63, 3.8) is 0 Å². The van der Waals surface area contributed by atoms with Crippen molar-refractivity contribution in [3.05, 3.63) is 101 Å². The predicted molar refractivity (Wildman–Crippen MR) is 129 cm³/mol. The van der Waals surface area contributed by atoms with Crippen LogP contribution in [-0.4, -0.2) is 11.8 Å². The maximum absolute atomic E-state index is 6.07. The highest BCUT2D eigenvalue weighted by Crippen LogP contribution is 2.40. The molecule has 0 N–H and O–H groups in total. The number of hydrogen-bond donors (Lipinski definition) is 0. The fraction of sp³-hybridized carbons (Fsp3) is 0.276. The second kappa shape index (κ2) is 9.13. The summed E-state index contributed by atoms with van der Waals surface area (Å²) in [5.41, 5.74) is 8.14. The van der Waals surface area contributed by atoms with E-state index in [0.717, 1.165) is 28.5 Å². The molecule has 0 radical (unpaired) electrons. The highest BCUT2D eigenvalue weighted by Gasteiger charge is 2.23. The Morgan fingerprint density at radius 2 is 1.50 bits per heavy atom. The standard InChI is InChI=1S/C29H29NO2/c1-20(22-6-4-3-5-7-22)18-31-19-28-21(2)30-32-29(28)27-16-14-26(15-17-27)25-12-10-24(11-13-25)23-8-9-23/h3-7,10-17,20,23H,8-9,18-19H2,1-2H3. The molecule has 32 heavy (non-hydrogen) atoms. The van der Waals surface area contributed by atoms with Crippen LogP contribution in [0.4, 0.5) is 0 Å². The lowest BCUT2D eigenvalue weighted by molar-refractivity contribution is 0.110. The van der Waals surface area contributed by atoms with Crippen molar-refractivity contribution in [2.24, 2.45) is 0 Å². The van der Waals surface area contributed by atoms with Gasteiger partial charge in [0.05, 0.1) is 18.9 Å². The molecule has 1 heterocycles. The Morgan fingerprint density at radius 3 is 2.16 bits per heavy atom. The van der Waals surface area contributed by atoms with Gasteiger partial charge in [-0.05, 0) is 47.9 Å². The summed E-state index contributed by atoms with van der Waals surface area (Å²) in [4.78, 5) is 0. The third-order valence-corrected chi connectivity index (χ3v) is 6.41. The largest absolute Gasteiger partial charge is 0.376 e. The van der Waals surface area contributed by atoms with Gasteiger partial charge in [-0.15, -0.1) is 0 Å². The Kier molecular flexibility index (Phi) is 5.91. The zero-order valence-electron chi connectivity index (χ0n) is 18.8. The molecule has 1 saturated carbocycles. The fourth-order valence-corrected chi connectivity index (χ4v) is 4.18. The van der Waals surface area contributed by atoms with Crippen molar-refractivity contribution in [1.29, 1.82) is 0 Å². The maximum atomic E-state index is 6.07. The van der Waals surface area contributed by atoms with Crippen LogP contribution in [0.25, 0.3) is 22.5 Å². The topological polar surface area (TPSA) is 35.3 Å². The highest BCUT2D eigenvalue weighted by atomic mass is 16.5. The summed E-state index contributed by atoms with van der Waals surface area (Å²) in [5.74, 6) is 1.92. The van der Waals surface area contributed by atoms with Crippen LogP contribution in [0.2, 0.25) is 0 Å². The first-order valence-electron chi connectivity index (χ1n) is 11.5. The smallest absolute Gasteiger partial charge is 0.172 e. The van der Waals surface area contributed by atoms with Gasteiger partial charge in [-0.2, -0.15) is 0 Å².